The summed E-state index contributed by atoms with van der Waals surface area (Å²) in [5, 5.41) is 1.11. The normalized spacial score (nSPS) is 11.2. The predicted molar refractivity (Wildman–Crippen MR) is 62.2 cm³/mol. The Morgan fingerprint density at radius 3 is 2.67 bits per heavy atom. The van der Waals surface area contributed by atoms with E-state index in [1.807, 2.05) is 39.0 Å². The molecule has 0 aliphatic heterocycles. The third-order valence-corrected chi connectivity index (χ3v) is 2.56. The Morgan fingerprint density at radius 2 is 2.00 bits per heavy atom. The van der Waals surface area contributed by atoms with Gasteiger partial charge < -0.3 is 4.98 Å². The van der Waals surface area contributed by atoms with Crippen molar-refractivity contribution < 1.29 is 4.79 Å². The Hall–Kier alpha value is -1.57. The standard InChI is InChI=1S/C13H15NO/c1-8(2)13(15)10-4-5-12-11(7-10)6-9(3)14-12/h4-8,14H,1-3H3. The monoisotopic (exact) mass is 201 g/mol. The Labute approximate surface area is 89.3 Å². The molecule has 2 heteroatoms. The van der Waals surface area contributed by atoms with Crippen LogP contribution in [0.15, 0.2) is 24.3 Å². The van der Waals surface area contributed by atoms with Crippen LogP contribution in [0.3, 0.4) is 0 Å². The molecular formula is C13H15NO. The molecule has 0 atom stereocenters. The van der Waals surface area contributed by atoms with E-state index in [9.17, 15) is 4.79 Å². The fourth-order valence-corrected chi connectivity index (χ4v) is 1.76. The molecule has 2 aromatic rings. The molecule has 0 radical (unpaired) electrons. The molecule has 0 aliphatic rings. The molecule has 0 fully saturated rings. The number of aromatic amines is 1. The number of carbonyl (C=O) groups is 1. The number of carbonyl (C=O) groups excluding carboxylic acids is 1. The van der Waals surface area contributed by atoms with Crippen LogP contribution in [-0.2, 0) is 0 Å². The third kappa shape index (κ3) is 1.80. The van der Waals surface area contributed by atoms with Crippen molar-refractivity contribution in [3.63, 3.8) is 0 Å². The van der Waals surface area contributed by atoms with Crippen molar-refractivity contribution >= 4 is 16.7 Å². The second-order valence-corrected chi connectivity index (χ2v) is 4.27. The molecule has 0 unspecified atom stereocenters. The average molecular weight is 201 g/mol. The highest BCUT2D eigenvalue weighted by Crippen LogP contribution is 2.18. The maximum Gasteiger partial charge on any atom is 0.165 e. The van der Waals surface area contributed by atoms with Gasteiger partial charge in [0, 0.05) is 28.1 Å². The SMILES string of the molecule is Cc1cc2cc(C(=O)C(C)C)ccc2[nH]1. The number of rotatable bonds is 2. The zero-order chi connectivity index (χ0) is 11.0. The summed E-state index contributed by atoms with van der Waals surface area (Å²) in [5.41, 5.74) is 3.02. The van der Waals surface area contributed by atoms with Crippen LogP contribution in [0.1, 0.15) is 29.9 Å². The lowest BCUT2D eigenvalue weighted by Crippen LogP contribution is -2.06. The van der Waals surface area contributed by atoms with Crippen LogP contribution in [-0.4, -0.2) is 10.8 Å². The fourth-order valence-electron chi connectivity index (χ4n) is 1.76. The molecular weight excluding hydrogens is 186 g/mol. The van der Waals surface area contributed by atoms with Gasteiger partial charge in [-0.2, -0.15) is 0 Å². The number of ketones is 1. The van der Waals surface area contributed by atoms with Gasteiger partial charge in [-0.25, -0.2) is 0 Å². The van der Waals surface area contributed by atoms with Gasteiger partial charge in [0.05, 0.1) is 0 Å². The second kappa shape index (κ2) is 3.54. The molecule has 0 bridgehead atoms. The lowest BCUT2D eigenvalue weighted by molar-refractivity contribution is 0.0939. The van der Waals surface area contributed by atoms with Crippen molar-refractivity contribution in [1.82, 2.24) is 4.98 Å². The van der Waals surface area contributed by atoms with E-state index < -0.39 is 0 Å². The van der Waals surface area contributed by atoms with E-state index in [0.717, 1.165) is 22.2 Å². The maximum absolute atomic E-state index is 11.8. The average Bonchev–Trinajstić information content (AvgIpc) is 2.55. The van der Waals surface area contributed by atoms with E-state index in [4.69, 9.17) is 0 Å². The largest absolute Gasteiger partial charge is 0.359 e. The van der Waals surface area contributed by atoms with E-state index in [-0.39, 0.29) is 11.7 Å². The van der Waals surface area contributed by atoms with Crippen LogP contribution in [0.5, 0.6) is 0 Å². The van der Waals surface area contributed by atoms with Crippen LogP contribution in [0.4, 0.5) is 0 Å². The summed E-state index contributed by atoms with van der Waals surface area (Å²) in [4.78, 5) is 15.0. The molecule has 1 heterocycles. The van der Waals surface area contributed by atoms with Crippen molar-refractivity contribution in [2.45, 2.75) is 20.8 Å². The summed E-state index contributed by atoms with van der Waals surface area (Å²) in [5.74, 6) is 0.262. The highest BCUT2D eigenvalue weighted by molar-refractivity contribution is 6.00. The van der Waals surface area contributed by atoms with Gasteiger partial charge in [-0.1, -0.05) is 13.8 Å². The number of benzene rings is 1. The molecule has 1 aromatic carbocycles. The highest BCUT2D eigenvalue weighted by Gasteiger charge is 2.10. The van der Waals surface area contributed by atoms with Crippen LogP contribution < -0.4 is 0 Å². The Balaban J connectivity index is 2.51. The molecule has 78 valence electrons. The first kappa shape index (κ1) is 9.97. The minimum Gasteiger partial charge on any atom is -0.359 e. The van der Waals surface area contributed by atoms with E-state index in [1.165, 1.54) is 0 Å². The summed E-state index contributed by atoms with van der Waals surface area (Å²) in [6.45, 7) is 5.87. The maximum atomic E-state index is 11.8. The number of Topliss-reactive ketones (excluding diaryl/α,β-unsaturated/α-hetero) is 1. The van der Waals surface area contributed by atoms with Crippen LogP contribution in [0, 0.1) is 12.8 Å². The zero-order valence-electron chi connectivity index (χ0n) is 9.29. The third-order valence-electron chi connectivity index (χ3n) is 2.56. The van der Waals surface area contributed by atoms with Gasteiger partial charge in [0.1, 0.15) is 0 Å². The summed E-state index contributed by atoms with van der Waals surface area (Å²) >= 11 is 0. The van der Waals surface area contributed by atoms with Gasteiger partial charge >= 0.3 is 0 Å². The van der Waals surface area contributed by atoms with Crippen molar-refractivity contribution in [2.24, 2.45) is 5.92 Å². The van der Waals surface area contributed by atoms with Crippen molar-refractivity contribution in [2.75, 3.05) is 0 Å². The Morgan fingerprint density at radius 1 is 1.27 bits per heavy atom. The molecule has 0 aliphatic carbocycles. The predicted octanol–water partition coefficient (Wildman–Crippen LogP) is 3.32. The van der Waals surface area contributed by atoms with Crippen molar-refractivity contribution in [3.05, 3.63) is 35.5 Å². The van der Waals surface area contributed by atoms with E-state index in [0.29, 0.717) is 0 Å². The van der Waals surface area contributed by atoms with Gasteiger partial charge in [0.2, 0.25) is 0 Å². The smallest absolute Gasteiger partial charge is 0.165 e. The fraction of sp³-hybridized carbons (Fsp3) is 0.308. The lowest BCUT2D eigenvalue weighted by atomic mass is 10.0. The van der Waals surface area contributed by atoms with E-state index in [1.54, 1.807) is 0 Å². The molecule has 1 N–H and O–H groups in total. The molecule has 0 saturated carbocycles. The number of H-pyrrole nitrogens is 1. The van der Waals surface area contributed by atoms with Crippen LogP contribution in [0.25, 0.3) is 10.9 Å². The number of hydrogen-bond acceptors (Lipinski definition) is 1. The lowest BCUT2D eigenvalue weighted by Gasteiger charge is -2.03. The first-order valence-corrected chi connectivity index (χ1v) is 5.21. The summed E-state index contributed by atoms with van der Waals surface area (Å²) < 4.78 is 0. The molecule has 0 amide bonds. The highest BCUT2D eigenvalue weighted by atomic mass is 16.1. The number of aryl methyl sites for hydroxylation is 1. The van der Waals surface area contributed by atoms with Gasteiger partial charge in [-0.3, -0.25) is 4.79 Å². The van der Waals surface area contributed by atoms with Crippen molar-refractivity contribution in [3.8, 4) is 0 Å². The topological polar surface area (TPSA) is 32.9 Å². The van der Waals surface area contributed by atoms with Crippen molar-refractivity contribution in [1.29, 1.82) is 0 Å². The molecule has 15 heavy (non-hydrogen) atoms. The minimum atomic E-state index is 0.0579. The number of aromatic nitrogens is 1. The number of hydrogen-bond donors (Lipinski definition) is 1. The summed E-state index contributed by atoms with van der Waals surface area (Å²) in [6.07, 6.45) is 0. The molecule has 2 nitrogen and oxygen atoms in total. The van der Waals surface area contributed by atoms with Crippen LogP contribution in [0.2, 0.25) is 0 Å². The number of fused-ring (bicyclic) bond motifs is 1. The van der Waals surface area contributed by atoms with Gasteiger partial charge in [0.25, 0.3) is 0 Å². The van der Waals surface area contributed by atoms with Gasteiger partial charge in [0.15, 0.2) is 5.78 Å². The first-order chi connectivity index (χ1) is 7.08. The molecule has 0 spiro atoms. The van der Waals surface area contributed by atoms with Gasteiger partial charge in [-0.05, 0) is 31.2 Å². The second-order valence-electron chi connectivity index (χ2n) is 4.27. The van der Waals surface area contributed by atoms with Gasteiger partial charge in [-0.15, -0.1) is 0 Å². The molecule has 0 saturated heterocycles. The zero-order valence-corrected chi connectivity index (χ0v) is 9.29. The number of nitrogens with one attached hydrogen (secondary N) is 1. The summed E-state index contributed by atoms with van der Waals surface area (Å²) in [7, 11) is 0. The summed E-state index contributed by atoms with van der Waals surface area (Å²) in [6, 6.07) is 7.88. The minimum absolute atomic E-state index is 0.0579. The Kier molecular flexibility index (Phi) is 2.35. The molecule has 1 aromatic heterocycles. The first-order valence-electron chi connectivity index (χ1n) is 5.21. The molecule has 2 rings (SSSR count). The quantitative estimate of drug-likeness (QED) is 0.743. The van der Waals surface area contributed by atoms with Crippen LogP contribution >= 0.6 is 0 Å². The van der Waals surface area contributed by atoms with E-state index >= 15 is 0 Å². The Bertz CT molecular complexity index is 508. The van der Waals surface area contributed by atoms with E-state index in [2.05, 4.69) is 11.1 Å².